The lowest BCUT2D eigenvalue weighted by Gasteiger charge is -2.33. The average molecular weight is 255 g/mol. The second-order valence-electron chi connectivity index (χ2n) is 4.27. The molecule has 0 fully saturated rings. The first-order chi connectivity index (χ1) is 7.64. The van der Waals surface area contributed by atoms with Gasteiger partial charge >= 0.3 is 6.18 Å². The van der Waals surface area contributed by atoms with Crippen molar-refractivity contribution >= 4 is 5.91 Å². The van der Waals surface area contributed by atoms with Crippen LogP contribution in [0, 0.1) is 0 Å². The van der Waals surface area contributed by atoms with Crippen molar-refractivity contribution in [3.8, 4) is 0 Å². The molecule has 0 aliphatic rings. The predicted molar refractivity (Wildman–Crippen MR) is 59.4 cm³/mol. The van der Waals surface area contributed by atoms with E-state index in [1.54, 1.807) is 6.92 Å². The van der Waals surface area contributed by atoms with Crippen molar-refractivity contribution in [2.24, 2.45) is 5.73 Å². The molecule has 7 heteroatoms. The third-order valence-corrected chi connectivity index (χ3v) is 2.58. The van der Waals surface area contributed by atoms with E-state index in [1.807, 2.05) is 0 Å². The van der Waals surface area contributed by atoms with Crippen molar-refractivity contribution in [2.75, 3.05) is 26.7 Å². The predicted octanol–water partition coefficient (Wildman–Crippen LogP) is 0.724. The number of hydrogen-bond donors (Lipinski definition) is 2. The van der Waals surface area contributed by atoms with Crippen molar-refractivity contribution < 1.29 is 18.0 Å². The molecule has 0 bridgehead atoms. The first-order valence-electron chi connectivity index (χ1n) is 5.42. The second kappa shape index (κ2) is 6.20. The van der Waals surface area contributed by atoms with Crippen LogP contribution in [0.15, 0.2) is 0 Å². The number of halogens is 3. The molecule has 0 aliphatic heterocycles. The number of primary amides is 1. The average Bonchev–Trinajstić information content (AvgIpc) is 2.15. The molecule has 0 saturated heterocycles. The maximum atomic E-state index is 12.3. The van der Waals surface area contributed by atoms with E-state index in [-0.39, 0.29) is 13.1 Å². The number of amides is 1. The van der Waals surface area contributed by atoms with E-state index in [4.69, 9.17) is 5.73 Å². The van der Waals surface area contributed by atoms with Gasteiger partial charge in [-0.05, 0) is 26.9 Å². The van der Waals surface area contributed by atoms with Crippen LogP contribution in [-0.2, 0) is 4.79 Å². The topological polar surface area (TPSA) is 58.4 Å². The lowest BCUT2D eigenvalue weighted by atomic mass is 10.0. The van der Waals surface area contributed by atoms with Crippen LogP contribution in [-0.4, -0.2) is 49.2 Å². The molecular weight excluding hydrogens is 235 g/mol. The van der Waals surface area contributed by atoms with Crippen molar-refractivity contribution in [2.45, 2.75) is 32.0 Å². The molecule has 17 heavy (non-hydrogen) atoms. The molecule has 0 aromatic heterocycles. The lowest BCUT2D eigenvalue weighted by molar-refractivity contribution is -0.149. The molecule has 4 nitrogen and oxygen atoms in total. The summed E-state index contributed by atoms with van der Waals surface area (Å²) in [5, 5.41) is 2.67. The van der Waals surface area contributed by atoms with Crippen molar-refractivity contribution in [3.63, 3.8) is 0 Å². The molecule has 1 unspecified atom stereocenters. The molecule has 3 N–H and O–H groups in total. The molecule has 0 aromatic carbocycles. The Morgan fingerprint density at radius 1 is 1.35 bits per heavy atom. The smallest absolute Gasteiger partial charge is 0.368 e. The molecule has 0 rings (SSSR count). The van der Waals surface area contributed by atoms with Gasteiger partial charge in [-0.1, -0.05) is 6.92 Å². The molecule has 0 radical (unpaired) electrons. The number of nitrogens with zero attached hydrogens (tertiary/aromatic N) is 1. The van der Waals surface area contributed by atoms with Crippen LogP contribution in [0.25, 0.3) is 0 Å². The maximum absolute atomic E-state index is 12.3. The van der Waals surface area contributed by atoms with Gasteiger partial charge in [-0.25, -0.2) is 0 Å². The zero-order valence-corrected chi connectivity index (χ0v) is 10.4. The number of rotatable bonds is 7. The van der Waals surface area contributed by atoms with E-state index < -0.39 is 24.2 Å². The van der Waals surface area contributed by atoms with Crippen LogP contribution in [0.5, 0.6) is 0 Å². The van der Waals surface area contributed by atoms with E-state index in [0.717, 1.165) is 0 Å². The van der Waals surface area contributed by atoms with E-state index in [9.17, 15) is 18.0 Å². The summed E-state index contributed by atoms with van der Waals surface area (Å²) < 4.78 is 37.0. The van der Waals surface area contributed by atoms with Gasteiger partial charge in [0.15, 0.2) is 0 Å². The molecule has 0 saturated carbocycles. The highest BCUT2D eigenvalue weighted by Crippen LogP contribution is 2.18. The monoisotopic (exact) mass is 255 g/mol. The summed E-state index contributed by atoms with van der Waals surface area (Å²) >= 11 is 0. The molecule has 1 atom stereocenters. The van der Waals surface area contributed by atoms with Crippen molar-refractivity contribution in [1.29, 1.82) is 0 Å². The zero-order valence-electron chi connectivity index (χ0n) is 10.4. The van der Waals surface area contributed by atoms with Crippen LogP contribution >= 0.6 is 0 Å². The summed E-state index contributed by atoms with van der Waals surface area (Å²) in [7, 11) is 1.50. The summed E-state index contributed by atoms with van der Waals surface area (Å²) in [6.07, 6.45) is -3.70. The van der Waals surface area contributed by atoms with Crippen molar-refractivity contribution in [3.05, 3.63) is 0 Å². The Kier molecular flexibility index (Phi) is 5.91. The quantitative estimate of drug-likeness (QED) is 0.705. The Balaban J connectivity index is 4.68. The Hall–Kier alpha value is -0.820. The van der Waals surface area contributed by atoms with Gasteiger partial charge in [-0.3, -0.25) is 9.69 Å². The van der Waals surface area contributed by atoms with Crippen molar-refractivity contribution in [1.82, 2.24) is 10.2 Å². The Morgan fingerprint density at radius 3 is 2.18 bits per heavy atom. The maximum Gasteiger partial charge on any atom is 0.401 e. The lowest BCUT2D eigenvalue weighted by Crippen LogP contribution is -2.59. The minimum atomic E-state index is -4.28. The largest absolute Gasteiger partial charge is 0.401 e. The number of nitrogens with one attached hydrogen (secondary N) is 1. The molecule has 102 valence electrons. The van der Waals surface area contributed by atoms with Gasteiger partial charge in [-0.15, -0.1) is 0 Å². The van der Waals surface area contributed by atoms with Crippen LogP contribution in [0.3, 0.4) is 0 Å². The zero-order chi connectivity index (χ0) is 13.7. The highest BCUT2D eigenvalue weighted by Gasteiger charge is 2.36. The molecule has 0 heterocycles. The van der Waals surface area contributed by atoms with E-state index in [2.05, 4.69) is 5.32 Å². The molecule has 0 aliphatic carbocycles. The van der Waals surface area contributed by atoms with Gasteiger partial charge in [-0.2, -0.15) is 13.2 Å². The minimum absolute atomic E-state index is 0.0633. The summed E-state index contributed by atoms with van der Waals surface area (Å²) in [6, 6.07) is 0. The number of hydrogen-bond acceptors (Lipinski definition) is 3. The van der Waals surface area contributed by atoms with Gasteiger partial charge in [0.25, 0.3) is 0 Å². The van der Waals surface area contributed by atoms with Crippen LogP contribution in [0.4, 0.5) is 13.2 Å². The number of alkyl halides is 3. The molecule has 1 amide bonds. The van der Waals surface area contributed by atoms with Gasteiger partial charge in [0.05, 0.1) is 6.54 Å². The fraction of sp³-hybridized carbons (Fsp3) is 0.900. The third kappa shape index (κ3) is 5.88. The summed E-state index contributed by atoms with van der Waals surface area (Å²) in [5.74, 6) is -0.664. The van der Waals surface area contributed by atoms with Gasteiger partial charge in [0.2, 0.25) is 5.91 Å². The first kappa shape index (κ1) is 16.2. The number of nitrogens with two attached hydrogens (primary N) is 1. The highest BCUT2D eigenvalue weighted by molar-refractivity contribution is 5.84. The second-order valence-corrected chi connectivity index (χ2v) is 4.27. The normalized spacial score (nSPS) is 15.9. The van der Waals surface area contributed by atoms with E-state index in [0.29, 0.717) is 6.42 Å². The molecular formula is C10H20F3N3O. The number of likely N-dealkylation sites (N-methyl/N-ethyl adjacent to an activating group) is 1. The Morgan fingerprint density at radius 2 is 1.88 bits per heavy atom. The summed E-state index contributed by atoms with van der Waals surface area (Å²) in [6.45, 7) is 2.44. The van der Waals surface area contributed by atoms with E-state index >= 15 is 0 Å². The Labute approximate surface area is 99.3 Å². The first-order valence-corrected chi connectivity index (χ1v) is 5.42. The standard InChI is InChI=1S/C10H20F3N3O/c1-4-5-16(7-10(11,12)13)6-9(2,15-3)8(14)17/h15H,4-7H2,1-3H3,(H2,14,17). The van der Waals surface area contributed by atoms with Gasteiger partial charge in [0, 0.05) is 6.54 Å². The summed E-state index contributed by atoms with van der Waals surface area (Å²) in [5.41, 5.74) is 4.03. The minimum Gasteiger partial charge on any atom is -0.368 e. The van der Waals surface area contributed by atoms with Crippen LogP contribution in [0.1, 0.15) is 20.3 Å². The fourth-order valence-corrected chi connectivity index (χ4v) is 1.51. The third-order valence-electron chi connectivity index (χ3n) is 2.58. The van der Waals surface area contributed by atoms with Crippen LogP contribution in [0.2, 0.25) is 0 Å². The van der Waals surface area contributed by atoms with Gasteiger partial charge < -0.3 is 11.1 Å². The fourth-order valence-electron chi connectivity index (χ4n) is 1.51. The SMILES string of the molecule is CCCN(CC(F)(F)F)CC(C)(NC)C(N)=O. The summed E-state index contributed by atoms with van der Waals surface area (Å²) in [4.78, 5) is 12.4. The Bertz CT molecular complexity index is 258. The number of carbonyl (C=O) groups excluding carboxylic acids is 1. The van der Waals surface area contributed by atoms with E-state index in [1.165, 1.54) is 18.9 Å². The molecule has 0 spiro atoms. The highest BCUT2D eigenvalue weighted by atomic mass is 19.4. The van der Waals surface area contributed by atoms with Gasteiger partial charge in [0.1, 0.15) is 5.54 Å². The number of carbonyl (C=O) groups is 1. The molecule has 0 aromatic rings. The van der Waals surface area contributed by atoms with Crippen LogP contribution < -0.4 is 11.1 Å².